The summed E-state index contributed by atoms with van der Waals surface area (Å²) in [4.78, 5) is 21.4. The molecule has 0 bridgehead atoms. The van der Waals surface area contributed by atoms with E-state index in [1.54, 1.807) is 18.3 Å². The normalized spacial score (nSPS) is 11.7. The molecule has 0 amide bonds. The molecule has 2 heterocycles. The molecule has 0 atom stereocenters. The van der Waals surface area contributed by atoms with Crippen molar-refractivity contribution >= 4 is 32.9 Å². The van der Waals surface area contributed by atoms with Gasteiger partial charge in [-0.2, -0.15) is 0 Å². The molecule has 4 rings (SSSR count). The molecule has 0 saturated heterocycles. The lowest BCUT2D eigenvalue weighted by Gasteiger charge is -2.26. The maximum atomic E-state index is 14.7. The molecule has 36 heavy (non-hydrogen) atoms. The minimum atomic E-state index is -0.953. The molecule has 188 valence electrons. The molecule has 0 saturated carbocycles. The molecule has 0 unspecified atom stereocenters. The van der Waals surface area contributed by atoms with Crippen LogP contribution >= 0.6 is 15.9 Å². The average Bonchev–Trinajstić information content (AvgIpc) is 3.20. The number of aromatic nitrogens is 3. The highest BCUT2D eigenvalue weighted by Gasteiger charge is 2.37. The highest BCUT2D eigenvalue weighted by molar-refractivity contribution is 9.10. The number of halogens is 2. The number of aliphatic carboxylic acids is 1. The van der Waals surface area contributed by atoms with Gasteiger partial charge in [0.15, 0.2) is 0 Å². The fourth-order valence-corrected chi connectivity index (χ4v) is 4.72. The number of pyridine rings is 1. The van der Waals surface area contributed by atoms with Gasteiger partial charge in [-0.05, 0) is 61.7 Å². The zero-order valence-corrected chi connectivity index (χ0v) is 22.2. The molecule has 0 aliphatic carbocycles. The van der Waals surface area contributed by atoms with E-state index in [0.29, 0.717) is 42.1 Å². The van der Waals surface area contributed by atoms with Crippen molar-refractivity contribution in [2.24, 2.45) is 5.41 Å². The van der Waals surface area contributed by atoms with Crippen molar-refractivity contribution < 1.29 is 19.0 Å². The number of aryl methyl sites for hydroxylation is 1. The number of imidazole rings is 1. The molecule has 0 spiro atoms. The number of carboxylic acids is 1. The predicted octanol–water partition coefficient (Wildman–Crippen LogP) is 6.70. The third kappa shape index (κ3) is 5.43. The van der Waals surface area contributed by atoms with Crippen LogP contribution in [0.1, 0.15) is 49.3 Å². The quantitative estimate of drug-likeness (QED) is 0.236. The van der Waals surface area contributed by atoms with Gasteiger partial charge >= 0.3 is 5.97 Å². The summed E-state index contributed by atoms with van der Waals surface area (Å²) in [5.41, 5.74) is 2.87. The fraction of sp³-hybridized carbons (Fsp3) is 0.321. The Bertz CT molecular complexity index is 1380. The second-order valence-electron chi connectivity index (χ2n) is 9.09. The second-order valence-corrected chi connectivity index (χ2v) is 10.0. The number of rotatable bonds is 10. The average molecular weight is 554 g/mol. The molecule has 0 radical (unpaired) electrons. The smallest absolute Gasteiger partial charge is 0.310 e. The van der Waals surface area contributed by atoms with Crippen LogP contribution < -0.4 is 4.74 Å². The summed E-state index contributed by atoms with van der Waals surface area (Å²) < 4.78 is 23.4. The topological polar surface area (TPSA) is 77.2 Å². The lowest BCUT2D eigenvalue weighted by molar-refractivity contribution is -0.149. The van der Waals surface area contributed by atoms with E-state index in [1.807, 2.05) is 55.7 Å². The standard InChI is InChI=1S/C28H29BrFN3O3/c1-4-28(5-2,27(34)35)14-26-32-24-11-9-22(36-17-21-8-6-18(3)15-31-21)13-25(24)33(26)16-19-12-20(29)7-10-23(19)30/h6-13,15H,4-5,14,16-17H2,1-3H3,(H,34,35). The Balaban J connectivity index is 1.75. The first-order chi connectivity index (χ1) is 17.2. The first kappa shape index (κ1) is 25.8. The van der Waals surface area contributed by atoms with Gasteiger partial charge in [-0.3, -0.25) is 9.78 Å². The van der Waals surface area contributed by atoms with Crippen LogP contribution in [0.3, 0.4) is 0 Å². The molecule has 1 N–H and O–H groups in total. The second kappa shape index (κ2) is 10.8. The number of ether oxygens (including phenoxy) is 1. The van der Waals surface area contributed by atoms with Crippen LogP contribution in [-0.4, -0.2) is 25.6 Å². The summed E-state index contributed by atoms with van der Waals surface area (Å²) in [7, 11) is 0. The molecule has 2 aromatic carbocycles. The van der Waals surface area contributed by atoms with E-state index >= 15 is 0 Å². The number of hydrogen-bond acceptors (Lipinski definition) is 4. The van der Waals surface area contributed by atoms with Crippen LogP contribution in [-0.2, 0) is 24.4 Å². The number of hydrogen-bond donors (Lipinski definition) is 1. The molecule has 0 aliphatic heterocycles. The van der Waals surface area contributed by atoms with E-state index < -0.39 is 11.4 Å². The Morgan fingerprint density at radius 2 is 1.92 bits per heavy atom. The Hall–Kier alpha value is -3.26. The zero-order chi connectivity index (χ0) is 25.9. The Labute approximate surface area is 218 Å². The minimum Gasteiger partial charge on any atom is -0.487 e. The van der Waals surface area contributed by atoms with Crippen LogP contribution in [0.2, 0.25) is 0 Å². The SMILES string of the molecule is CCC(CC)(Cc1nc2ccc(OCc3ccc(C)cn3)cc2n1Cc1cc(Br)ccc1F)C(=O)O. The summed E-state index contributed by atoms with van der Waals surface area (Å²) in [5.74, 6) is 0.0456. The first-order valence-electron chi connectivity index (χ1n) is 12.0. The molecule has 2 aromatic heterocycles. The lowest BCUT2D eigenvalue weighted by atomic mass is 9.79. The maximum Gasteiger partial charge on any atom is 0.310 e. The molecule has 4 aromatic rings. The summed E-state index contributed by atoms with van der Waals surface area (Å²) in [5, 5.41) is 10.0. The number of benzene rings is 2. The van der Waals surface area contributed by atoms with Gasteiger partial charge in [-0.15, -0.1) is 0 Å². The Morgan fingerprint density at radius 1 is 1.14 bits per heavy atom. The van der Waals surface area contributed by atoms with Gasteiger partial charge < -0.3 is 14.4 Å². The monoisotopic (exact) mass is 553 g/mol. The van der Waals surface area contributed by atoms with E-state index in [9.17, 15) is 14.3 Å². The van der Waals surface area contributed by atoms with E-state index in [1.165, 1.54) is 6.07 Å². The van der Waals surface area contributed by atoms with Gasteiger partial charge in [0.25, 0.3) is 0 Å². The van der Waals surface area contributed by atoms with Gasteiger partial charge in [-0.1, -0.05) is 35.8 Å². The van der Waals surface area contributed by atoms with Crippen molar-refractivity contribution in [2.45, 2.75) is 53.2 Å². The van der Waals surface area contributed by atoms with Crippen molar-refractivity contribution in [3.63, 3.8) is 0 Å². The summed E-state index contributed by atoms with van der Waals surface area (Å²) in [6.07, 6.45) is 2.96. The summed E-state index contributed by atoms with van der Waals surface area (Å²) in [6, 6.07) is 14.3. The van der Waals surface area contributed by atoms with Crippen LogP contribution in [0.15, 0.2) is 59.2 Å². The molecule has 0 fully saturated rings. The summed E-state index contributed by atoms with van der Waals surface area (Å²) >= 11 is 3.42. The van der Waals surface area contributed by atoms with Gasteiger partial charge in [0.1, 0.15) is 24.0 Å². The predicted molar refractivity (Wildman–Crippen MR) is 141 cm³/mol. The van der Waals surface area contributed by atoms with Crippen LogP contribution in [0, 0.1) is 18.2 Å². The van der Waals surface area contributed by atoms with Gasteiger partial charge in [0.05, 0.1) is 28.7 Å². The van der Waals surface area contributed by atoms with Gasteiger partial charge in [0.2, 0.25) is 0 Å². The van der Waals surface area contributed by atoms with Crippen molar-refractivity contribution in [3.8, 4) is 5.75 Å². The fourth-order valence-electron chi connectivity index (χ4n) is 4.31. The molecular weight excluding hydrogens is 525 g/mol. The largest absolute Gasteiger partial charge is 0.487 e. The number of carboxylic acid groups (broad SMARTS) is 1. The Morgan fingerprint density at radius 3 is 2.58 bits per heavy atom. The van der Waals surface area contributed by atoms with Crippen molar-refractivity contribution in [1.82, 2.24) is 14.5 Å². The van der Waals surface area contributed by atoms with Crippen LogP contribution in [0.5, 0.6) is 5.75 Å². The van der Waals surface area contributed by atoms with Crippen molar-refractivity contribution in [3.05, 3.63) is 87.7 Å². The molecule has 6 nitrogen and oxygen atoms in total. The van der Waals surface area contributed by atoms with Crippen LogP contribution in [0.25, 0.3) is 11.0 Å². The third-order valence-electron chi connectivity index (χ3n) is 6.80. The molecule has 0 aliphatic rings. The lowest BCUT2D eigenvalue weighted by Crippen LogP contribution is -2.33. The molecular formula is C28H29BrFN3O3. The summed E-state index contributed by atoms with van der Waals surface area (Å²) in [6.45, 7) is 6.26. The van der Waals surface area contributed by atoms with Gasteiger partial charge in [0, 0.05) is 28.7 Å². The zero-order valence-electron chi connectivity index (χ0n) is 20.6. The maximum absolute atomic E-state index is 14.7. The van der Waals surface area contributed by atoms with Crippen LogP contribution in [0.4, 0.5) is 4.39 Å². The number of fused-ring (bicyclic) bond motifs is 1. The highest BCUT2D eigenvalue weighted by Crippen LogP contribution is 2.34. The number of nitrogens with zero attached hydrogens (tertiary/aromatic N) is 3. The Kier molecular flexibility index (Phi) is 7.73. The van der Waals surface area contributed by atoms with Crippen molar-refractivity contribution in [1.29, 1.82) is 0 Å². The minimum absolute atomic E-state index is 0.212. The highest BCUT2D eigenvalue weighted by atomic mass is 79.9. The van der Waals surface area contributed by atoms with E-state index in [4.69, 9.17) is 9.72 Å². The van der Waals surface area contributed by atoms with Gasteiger partial charge in [-0.25, -0.2) is 9.37 Å². The third-order valence-corrected chi connectivity index (χ3v) is 7.29. The van der Waals surface area contributed by atoms with E-state index in [2.05, 4.69) is 20.9 Å². The first-order valence-corrected chi connectivity index (χ1v) is 12.7. The number of carbonyl (C=O) groups is 1. The van der Waals surface area contributed by atoms with E-state index in [0.717, 1.165) is 21.2 Å². The molecule has 8 heteroatoms. The van der Waals surface area contributed by atoms with E-state index in [-0.39, 0.29) is 18.8 Å². The van der Waals surface area contributed by atoms with Crippen molar-refractivity contribution in [2.75, 3.05) is 0 Å².